The van der Waals surface area contributed by atoms with Crippen molar-refractivity contribution in [3.05, 3.63) is 59.7 Å². The van der Waals surface area contributed by atoms with Gasteiger partial charge in [0.25, 0.3) is 12.4 Å². The summed E-state index contributed by atoms with van der Waals surface area (Å²) in [5, 5.41) is 27.9. The van der Waals surface area contributed by atoms with Crippen LogP contribution in [0, 0.1) is 5.92 Å². The lowest BCUT2D eigenvalue weighted by Crippen LogP contribution is -2.49. The van der Waals surface area contributed by atoms with Crippen molar-refractivity contribution in [2.24, 2.45) is 5.92 Å². The van der Waals surface area contributed by atoms with E-state index in [2.05, 4.69) is 36.7 Å². The van der Waals surface area contributed by atoms with E-state index < -0.39 is 12.1 Å². The first-order valence-corrected chi connectivity index (χ1v) is 14.7. The number of rotatable bonds is 15. The minimum atomic E-state index is -0.761. The van der Waals surface area contributed by atoms with Gasteiger partial charge in [-0.3, -0.25) is 14.4 Å². The van der Waals surface area contributed by atoms with Crippen molar-refractivity contribution in [3.63, 3.8) is 0 Å². The molecule has 0 radical (unpaired) electrons. The summed E-state index contributed by atoms with van der Waals surface area (Å²) >= 11 is 0. The molecule has 1 fully saturated rings. The number of hydrogen-bond acceptors (Lipinski definition) is 6. The summed E-state index contributed by atoms with van der Waals surface area (Å²) in [6, 6.07) is 15.2. The number of carbonyl (C=O) groups excluding carboxylic acids is 2. The molecule has 0 aromatic heterocycles. The highest BCUT2D eigenvalue weighted by molar-refractivity contribution is 6.00. The smallest absolute Gasteiger partial charge is 0.290 e. The highest BCUT2D eigenvalue weighted by Gasteiger charge is 2.26. The summed E-state index contributed by atoms with van der Waals surface area (Å²) in [7, 11) is 0. The molecule has 1 heterocycles. The van der Waals surface area contributed by atoms with Crippen molar-refractivity contribution in [1.82, 2.24) is 10.6 Å². The van der Waals surface area contributed by atoms with E-state index in [-0.39, 0.29) is 24.3 Å². The Morgan fingerprint density at radius 1 is 1.10 bits per heavy atom. The van der Waals surface area contributed by atoms with E-state index >= 15 is 0 Å². The molecule has 0 aliphatic carbocycles. The minimum absolute atomic E-state index is 0.0796. The van der Waals surface area contributed by atoms with Crippen LogP contribution < -0.4 is 20.9 Å². The van der Waals surface area contributed by atoms with Crippen molar-refractivity contribution in [2.75, 3.05) is 29.9 Å². The second-order valence-corrected chi connectivity index (χ2v) is 11.0. The third kappa shape index (κ3) is 11.9. The van der Waals surface area contributed by atoms with E-state index in [1.165, 1.54) is 6.42 Å². The normalized spacial score (nSPS) is 15.1. The summed E-state index contributed by atoms with van der Waals surface area (Å²) < 4.78 is 0. The third-order valence-corrected chi connectivity index (χ3v) is 7.12. The van der Waals surface area contributed by atoms with E-state index in [1.807, 2.05) is 49.4 Å². The molecule has 2 amide bonds. The maximum atomic E-state index is 13.5. The van der Waals surface area contributed by atoms with Crippen LogP contribution in [-0.4, -0.2) is 66.3 Å². The van der Waals surface area contributed by atoms with Gasteiger partial charge in [0.05, 0.1) is 12.1 Å². The Morgan fingerprint density at radius 2 is 1.80 bits per heavy atom. The number of carbonyl (C=O) groups is 3. The van der Waals surface area contributed by atoms with Gasteiger partial charge in [0.2, 0.25) is 5.91 Å². The summed E-state index contributed by atoms with van der Waals surface area (Å²) in [5.74, 6) is 0.506. The van der Waals surface area contributed by atoms with Gasteiger partial charge >= 0.3 is 0 Å². The molecule has 2 aromatic rings. The predicted molar refractivity (Wildman–Crippen MR) is 164 cm³/mol. The minimum Gasteiger partial charge on any atom is -0.483 e. The molecular formula is C32H48N4O5. The van der Waals surface area contributed by atoms with Gasteiger partial charge in [0, 0.05) is 49.0 Å². The fourth-order valence-electron chi connectivity index (χ4n) is 4.93. The highest BCUT2D eigenvalue weighted by Crippen LogP contribution is 2.27. The van der Waals surface area contributed by atoms with Crippen LogP contribution in [0.25, 0.3) is 0 Å². The van der Waals surface area contributed by atoms with Crippen molar-refractivity contribution in [2.45, 2.75) is 84.4 Å². The Morgan fingerprint density at radius 3 is 2.41 bits per heavy atom. The van der Waals surface area contributed by atoms with Crippen molar-refractivity contribution < 1.29 is 24.6 Å². The molecule has 1 aliphatic heterocycles. The number of nitrogens with zero attached hydrogens (tertiary/aromatic N) is 1. The molecule has 226 valence electrons. The van der Waals surface area contributed by atoms with Crippen molar-refractivity contribution in [1.29, 1.82) is 0 Å². The number of anilines is 2. The Hall–Kier alpha value is -3.43. The monoisotopic (exact) mass is 568 g/mol. The largest absolute Gasteiger partial charge is 0.483 e. The molecule has 0 saturated carbocycles. The van der Waals surface area contributed by atoms with Crippen LogP contribution in [0.15, 0.2) is 48.5 Å². The number of amides is 2. The SMILES string of the molecule is CCNc1cc(C(=O)N[C@@H](Cc2ccccc2)[C@H](O)CNC(C)CCCC(C)C)cc(N2CCCC2=O)c1.O=CO. The molecule has 9 nitrogen and oxygen atoms in total. The number of hydrogen-bond donors (Lipinski definition) is 5. The first-order valence-electron chi connectivity index (χ1n) is 14.7. The van der Waals surface area contributed by atoms with Crippen LogP contribution in [0.2, 0.25) is 0 Å². The molecule has 1 aliphatic rings. The van der Waals surface area contributed by atoms with Crippen LogP contribution in [0.3, 0.4) is 0 Å². The molecular weight excluding hydrogens is 520 g/mol. The van der Waals surface area contributed by atoms with Gasteiger partial charge in [-0.15, -0.1) is 0 Å². The van der Waals surface area contributed by atoms with Gasteiger partial charge in [0.1, 0.15) is 0 Å². The number of nitrogens with one attached hydrogen (secondary N) is 3. The lowest BCUT2D eigenvalue weighted by atomic mass is 9.99. The Labute approximate surface area is 244 Å². The van der Waals surface area contributed by atoms with Gasteiger partial charge < -0.3 is 31.1 Å². The zero-order valence-corrected chi connectivity index (χ0v) is 24.9. The lowest BCUT2D eigenvalue weighted by molar-refractivity contribution is -0.123. The molecule has 0 bridgehead atoms. The first-order chi connectivity index (χ1) is 19.7. The number of aliphatic hydroxyl groups is 1. The summed E-state index contributed by atoms with van der Waals surface area (Å²) in [4.78, 5) is 36.0. The van der Waals surface area contributed by atoms with Gasteiger partial charge in [-0.2, -0.15) is 0 Å². The zero-order chi connectivity index (χ0) is 30.2. The average molecular weight is 569 g/mol. The summed E-state index contributed by atoms with van der Waals surface area (Å²) in [6.07, 6.45) is 4.50. The third-order valence-electron chi connectivity index (χ3n) is 7.12. The Kier molecular flexibility index (Phi) is 14.9. The fraction of sp³-hybridized carbons (Fsp3) is 0.531. The fourth-order valence-corrected chi connectivity index (χ4v) is 4.93. The molecule has 3 atom stereocenters. The molecule has 41 heavy (non-hydrogen) atoms. The van der Waals surface area contributed by atoms with E-state index in [0.717, 1.165) is 36.2 Å². The molecule has 5 N–H and O–H groups in total. The number of aliphatic hydroxyl groups excluding tert-OH is 1. The average Bonchev–Trinajstić information content (AvgIpc) is 3.38. The molecule has 1 saturated heterocycles. The van der Waals surface area contributed by atoms with Crippen LogP contribution >= 0.6 is 0 Å². The van der Waals surface area contributed by atoms with Crippen LogP contribution in [-0.2, 0) is 16.0 Å². The van der Waals surface area contributed by atoms with E-state index in [4.69, 9.17) is 9.90 Å². The zero-order valence-electron chi connectivity index (χ0n) is 24.9. The summed E-state index contributed by atoms with van der Waals surface area (Å²) in [6.45, 7) is 10.1. The van der Waals surface area contributed by atoms with Crippen LogP contribution in [0.5, 0.6) is 0 Å². The maximum absolute atomic E-state index is 13.5. The predicted octanol–water partition coefficient (Wildman–Crippen LogP) is 4.45. The summed E-state index contributed by atoms with van der Waals surface area (Å²) in [5.41, 5.74) is 3.05. The molecule has 0 spiro atoms. The molecule has 9 heteroatoms. The molecule has 1 unspecified atom stereocenters. The number of carboxylic acid groups (broad SMARTS) is 1. The standard InChI is InChI=1S/C31H46N4O3.CH2O2/c1-5-32-26-18-25(19-27(20-26)35-16-10-15-30(35)37)31(38)34-28(17-24-13-7-6-8-14-24)29(36)21-33-23(4)12-9-11-22(2)3;2-1-3/h6-8,13-14,18-20,22-23,28-29,32-33,36H,5,9-12,15-17,21H2,1-4H3,(H,34,38);1H,(H,2,3)/t23?,28-,29+;/m0./s1. The Bertz CT molecular complexity index is 1080. The second-order valence-electron chi connectivity index (χ2n) is 11.0. The van der Waals surface area contributed by atoms with Gasteiger partial charge in [-0.25, -0.2) is 0 Å². The van der Waals surface area contributed by atoms with E-state index in [1.54, 1.807) is 11.0 Å². The lowest BCUT2D eigenvalue weighted by Gasteiger charge is -2.27. The highest BCUT2D eigenvalue weighted by atomic mass is 16.3. The van der Waals surface area contributed by atoms with Gasteiger partial charge in [-0.1, -0.05) is 57.0 Å². The van der Waals surface area contributed by atoms with Crippen molar-refractivity contribution in [3.8, 4) is 0 Å². The molecule has 2 aromatic carbocycles. The number of benzene rings is 2. The quantitative estimate of drug-likeness (QED) is 0.201. The van der Waals surface area contributed by atoms with E-state index in [0.29, 0.717) is 44.0 Å². The maximum Gasteiger partial charge on any atom is 0.290 e. The van der Waals surface area contributed by atoms with Crippen LogP contribution in [0.1, 0.15) is 75.7 Å². The van der Waals surface area contributed by atoms with Gasteiger partial charge in [-0.05, 0) is 62.8 Å². The first kappa shape index (κ1) is 33.8. The Balaban J connectivity index is 0.00000187. The van der Waals surface area contributed by atoms with Gasteiger partial charge in [0.15, 0.2) is 0 Å². The van der Waals surface area contributed by atoms with Crippen molar-refractivity contribution >= 4 is 29.7 Å². The van der Waals surface area contributed by atoms with E-state index in [9.17, 15) is 14.7 Å². The topological polar surface area (TPSA) is 131 Å². The second kappa shape index (κ2) is 18.1. The van der Waals surface area contributed by atoms with Crippen LogP contribution in [0.4, 0.5) is 11.4 Å². The molecule has 3 rings (SSSR count).